The zero-order valence-electron chi connectivity index (χ0n) is 18.6. The SMILES string of the molecule is COc1cccc(C(NC(=O)c2ccc(COc3ccccc3OC)o2)c2nccn2C)c1. The molecule has 0 saturated carbocycles. The summed E-state index contributed by atoms with van der Waals surface area (Å²) in [7, 11) is 5.06. The Bertz CT molecular complexity index is 1230. The Morgan fingerprint density at radius 3 is 2.61 bits per heavy atom. The third kappa shape index (κ3) is 5.01. The third-order valence-corrected chi connectivity index (χ3v) is 5.14. The Morgan fingerprint density at radius 2 is 1.88 bits per heavy atom. The molecule has 0 bridgehead atoms. The van der Waals surface area contributed by atoms with Crippen molar-refractivity contribution in [1.29, 1.82) is 0 Å². The van der Waals surface area contributed by atoms with Gasteiger partial charge in [0.1, 0.15) is 30.0 Å². The van der Waals surface area contributed by atoms with Crippen LogP contribution in [0.4, 0.5) is 0 Å². The van der Waals surface area contributed by atoms with Crippen LogP contribution in [0.3, 0.4) is 0 Å². The Labute approximate surface area is 191 Å². The first-order chi connectivity index (χ1) is 16.1. The van der Waals surface area contributed by atoms with Crippen molar-refractivity contribution >= 4 is 5.91 Å². The molecule has 8 nitrogen and oxygen atoms in total. The second kappa shape index (κ2) is 9.95. The van der Waals surface area contributed by atoms with E-state index in [1.807, 2.05) is 60.3 Å². The molecule has 0 spiro atoms. The average Bonchev–Trinajstić information content (AvgIpc) is 3.50. The second-order valence-corrected chi connectivity index (χ2v) is 7.28. The van der Waals surface area contributed by atoms with E-state index in [9.17, 15) is 4.79 Å². The molecule has 0 fully saturated rings. The van der Waals surface area contributed by atoms with Crippen molar-refractivity contribution in [3.05, 3.63) is 96.0 Å². The van der Waals surface area contributed by atoms with Crippen LogP contribution in [-0.4, -0.2) is 29.7 Å². The molecule has 2 aromatic carbocycles. The number of nitrogens with zero attached hydrogens (tertiary/aromatic N) is 2. The molecule has 0 radical (unpaired) electrons. The molecule has 170 valence electrons. The standard InChI is InChI=1S/C25H25N3O5/c1-28-14-13-26-24(28)23(17-7-6-8-18(15-17)30-2)27-25(29)22-12-11-19(33-22)16-32-21-10-5-4-9-20(21)31-3/h4-15,23H,16H2,1-3H3,(H,27,29). The molecular weight excluding hydrogens is 422 g/mol. The van der Waals surface area contributed by atoms with E-state index in [2.05, 4.69) is 10.3 Å². The van der Waals surface area contributed by atoms with Gasteiger partial charge >= 0.3 is 0 Å². The first-order valence-corrected chi connectivity index (χ1v) is 10.4. The van der Waals surface area contributed by atoms with Crippen LogP contribution in [0.5, 0.6) is 17.2 Å². The quantitative estimate of drug-likeness (QED) is 0.415. The summed E-state index contributed by atoms with van der Waals surface area (Å²) in [5.41, 5.74) is 0.836. The molecule has 1 atom stereocenters. The highest BCUT2D eigenvalue weighted by Gasteiger charge is 2.23. The first-order valence-electron chi connectivity index (χ1n) is 10.4. The van der Waals surface area contributed by atoms with Gasteiger partial charge in [-0.2, -0.15) is 0 Å². The van der Waals surface area contributed by atoms with Crippen LogP contribution in [0, 0.1) is 0 Å². The molecule has 0 aliphatic carbocycles. The Morgan fingerprint density at radius 1 is 1.06 bits per heavy atom. The number of aryl methyl sites for hydroxylation is 1. The molecule has 8 heteroatoms. The van der Waals surface area contributed by atoms with Gasteiger partial charge in [0.2, 0.25) is 0 Å². The van der Waals surface area contributed by atoms with Crippen molar-refractivity contribution in [1.82, 2.24) is 14.9 Å². The number of hydrogen-bond acceptors (Lipinski definition) is 6. The topological polar surface area (TPSA) is 87.8 Å². The first kappa shape index (κ1) is 22.0. The van der Waals surface area contributed by atoms with Gasteiger partial charge in [-0.1, -0.05) is 24.3 Å². The summed E-state index contributed by atoms with van der Waals surface area (Å²) in [5, 5.41) is 3.02. The van der Waals surface area contributed by atoms with Crippen LogP contribution in [0.15, 0.2) is 77.5 Å². The molecule has 4 rings (SSSR count). The van der Waals surface area contributed by atoms with Gasteiger partial charge in [0.05, 0.1) is 14.2 Å². The van der Waals surface area contributed by atoms with E-state index in [4.69, 9.17) is 18.6 Å². The summed E-state index contributed by atoms with van der Waals surface area (Å²) < 4.78 is 24.0. The normalized spacial score (nSPS) is 11.6. The van der Waals surface area contributed by atoms with Gasteiger partial charge in [-0.3, -0.25) is 4.79 Å². The van der Waals surface area contributed by atoms with Crippen molar-refractivity contribution in [3.8, 4) is 17.2 Å². The predicted octanol–water partition coefficient (Wildman–Crippen LogP) is 4.13. The number of carbonyl (C=O) groups is 1. The van der Waals surface area contributed by atoms with E-state index in [0.29, 0.717) is 28.8 Å². The van der Waals surface area contributed by atoms with Crippen molar-refractivity contribution in [3.63, 3.8) is 0 Å². The van der Waals surface area contributed by atoms with Gasteiger partial charge < -0.3 is 28.5 Å². The molecule has 1 N–H and O–H groups in total. The molecular formula is C25H25N3O5. The van der Waals surface area contributed by atoms with E-state index < -0.39 is 6.04 Å². The number of furan rings is 1. The lowest BCUT2D eigenvalue weighted by atomic mass is 10.1. The number of rotatable bonds is 9. The molecule has 1 amide bonds. The Hall–Kier alpha value is -4.20. The number of carbonyl (C=O) groups excluding carboxylic acids is 1. The number of para-hydroxylation sites is 2. The molecule has 4 aromatic rings. The Kier molecular flexibility index (Phi) is 6.64. The number of aromatic nitrogens is 2. The minimum atomic E-state index is -0.494. The van der Waals surface area contributed by atoms with Crippen LogP contribution in [0.2, 0.25) is 0 Å². The maximum absolute atomic E-state index is 13.0. The number of nitrogens with one attached hydrogen (secondary N) is 1. The highest BCUT2D eigenvalue weighted by Crippen LogP contribution is 2.27. The maximum Gasteiger partial charge on any atom is 0.287 e. The predicted molar refractivity (Wildman–Crippen MR) is 122 cm³/mol. The van der Waals surface area contributed by atoms with Crippen LogP contribution in [-0.2, 0) is 13.7 Å². The fraction of sp³-hybridized carbons (Fsp3) is 0.200. The van der Waals surface area contributed by atoms with E-state index in [-0.39, 0.29) is 18.3 Å². The zero-order chi connectivity index (χ0) is 23.2. The minimum absolute atomic E-state index is 0.159. The van der Waals surface area contributed by atoms with Crippen LogP contribution >= 0.6 is 0 Å². The molecule has 33 heavy (non-hydrogen) atoms. The summed E-state index contributed by atoms with van der Waals surface area (Å²) in [6.45, 7) is 0.159. The van der Waals surface area contributed by atoms with E-state index >= 15 is 0 Å². The summed E-state index contributed by atoms with van der Waals surface area (Å²) in [6.07, 6.45) is 3.52. The van der Waals surface area contributed by atoms with Gasteiger partial charge in [-0.25, -0.2) is 4.98 Å². The number of hydrogen-bond donors (Lipinski definition) is 1. The Balaban J connectivity index is 1.50. The fourth-order valence-corrected chi connectivity index (χ4v) is 3.44. The molecule has 1 unspecified atom stereocenters. The maximum atomic E-state index is 13.0. The number of amides is 1. The molecule has 0 saturated heterocycles. The van der Waals surface area contributed by atoms with Crippen LogP contribution in [0.1, 0.15) is 33.7 Å². The second-order valence-electron chi connectivity index (χ2n) is 7.28. The number of benzene rings is 2. The number of ether oxygens (including phenoxy) is 3. The lowest BCUT2D eigenvalue weighted by Gasteiger charge is -2.19. The molecule has 2 aromatic heterocycles. The fourth-order valence-electron chi connectivity index (χ4n) is 3.44. The van der Waals surface area contributed by atoms with E-state index in [0.717, 1.165) is 5.56 Å². The summed E-state index contributed by atoms with van der Waals surface area (Å²) in [6, 6.07) is 17.7. The molecule has 0 aliphatic rings. The van der Waals surface area contributed by atoms with Crippen molar-refractivity contribution in [2.75, 3.05) is 14.2 Å². The lowest BCUT2D eigenvalue weighted by molar-refractivity contribution is 0.0909. The van der Waals surface area contributed by atoms with Gasteiger partial charge in [-0.15, -0.1) is 0 Å². The van der Waals surface area contributed by atoms with Gasteiger partial charge in [-0.05, 0) is 42.0 Å². The monoisotopic (exact) mass is 447 g/mol. The van der Waals surface area contributed by atoms with Crippen molar-refractivity contribution in [2.24, 2.45) is 7.05 Å². The molecule has 2 heterocycles. The highest BCUT2D eigenvalue weighted by atomic mass is 16.5. The largest absolute Gasteiger partial charge is 0.497 e. The smallest absolute Gasteiger partial charge is 0.287 e. The summed E-state index contributed by atoms with van der Waals surface area (Å²) in [4.78, 5) is 17.5. The van der Waals surface area contributed by atoms with Gasteiger partial charge in [0, 0.05) is 19.4 Å². The van der Waals surface area contributed by atoms with E-state index in [1.54, 1.807) is 38.6 Å². The molecule has 0 aliphatic heterocycles. The number of imidazole rings is 1. The minimum Gasteiger partial charge on any atom is -0.497 e. The third-order valence-electron chi connectivity index (χ3n) is 5.14. The highest BCUT2D eigenvalue weighted by molar-refractivity contribution is 5.92. The van der Waals surface area contributed by atoms with Crippen LogP contribution < -0.4 is 19.5 Å². The summed E-state index contributed by atoms with van der Waals surface area (Å²) in [5.74, 6) is 2.91. The van der Waals surface area contributed by atoms with Crippen molar-refractivity contribution in [2.45, 2.75) is 12.6 Å². The summed E-state index contributed by atoms with van der Waals surface area (Å²) >= 11 is 0. The van der Waals surface area contributed by atoms with Gasteiger partial charge in [0.25, 0.3) is 5.91 Å². The lowest BCUT2D eigenvalue weighted by Crippen LogP contribution is -2.30. The van der Waals surface area contributed by atoms with Gasteiger partial charge in [0.15, 0.2) is 17.3 Å². The zero-order valence-corrected chi connectivity index (χ0v) is 18.6. The number of methoxy groups -OCH3 is 2. The van der Waals surface area contributed by atoms with Crippen molar-refractivity contribution < 1.29 is 23.4 Å². The van der Waals surface area contributed by atoms with E-state index in [1.165, 1.54) is 0 Å². The average molecular weight is 447 g/mol. The van der Waals surface area contributed by atoms with Crippen LogP contribution in [0.25, 0.3) is 0 Å².